The smallest absolute Gasteiger partial charge is 0.189 e. The molecule has 12 nitrogen and oxygen atoms in total. The molecule has 30 heavy (non-hydrogen) atoms. The van der Waals surface area contributed by atoms with E-state index in [-0.39, 0.29) is 61.3 Å². The van der Waals surface area contributed by atoms with Gasteiger partial charge in [0.25, 0.3) is 0 Å². The monoisotopic (exact) mass is 385 g/mol. The third-order valence-corrected chi connectivity index (χ3v) is 4.10. The minimum Gasteiger partial charge on any atom is -0.761 e. The molecule has 1 atom stereocenters. The van der Waals surface area contributed by atoms with Gasteiger partial charge >= 0.3 is 0 Å². The molecule has 3 heterocycles. The van der Waals surface area contributed by atoms with Gasteiger partial charge in [-0.3, -0.25) is 4.99 Å². The van der Waals surface area contributed by atoms with Crippen LogP contribution in [0.2, 0.25) is 0 Å². The van der Waals surface area contributed by atoms with Crippen molar-refractivity contribution in [3.8, 4) is 30.3 Å². The first-order valence-corrected chi connectivity index (χ1v) is 7.89. The number of rotatable bonds is 0. The highest BCUT2D eigenvalue weighted by Crippen LogP contribution is 2.27. The van der Waals surface area contributed by atoms with Crippen molar-refractivity contribution in [3.63, 3.8) is 0 Å². The average molecular weight is 385 g/mol. The quantitative estimate of drug-likeness (QED) is 0.349. The first kappa shape index (κ1) is 17.8. The van der Waals surface area contributed by atoms with Gasteiger partial charge < -0.3 is 5.41 Å². The summed E-state index contributed by atoms with van der Waals surface area (Å²) in [6, 6.07) is 7.66. The Kier molecular flexibility index (Phi) is 3.87. The van der Waals surface area contributed by atoms with Crippen LogP contribution in [0.25, 0.3) is 27.5 Å². The Hall–Kier alpha value is -5.60. The van der Waals surface area contributed by atoms with Gasteiger partial charge in [-0.25, -0.2) is 30.8 Å². The predicted molar refractivity (Wildman–Crippen MR) is 97.1 cm³/mol. The van der Waals surface area contributed by atoms with E-state index in [0.29, 0.717) is 0 Å². The number of benzene rings is 1. The Morgan fingerprint density at radius 2 is 1.30 bits per heavy atom. The molecular weight excluding hydrogens is 384 g/mol. The van der Waals surface area contributed by atoms with Crippen LogP contribution in [0.3, 0.4) is 0 Å². The van der Waals surface area contributed by atoms with Crippen molar-refractivity contribution in [2.24, 2.45) is 9.98 Å². The maximum absolute atomic E-state index is 9.32. The molecule has 2 aromatic heterocycles. The van der Waals surface area contributed by atoms with Crippen molar-refractivity contribution in [2.75, 3.05) is 0 Å². The second-order valence-corrected chi connectivity index (χ2v) is 5.65. The predicted octanol–water partition coefficient (Wildman–Crippen LogP) is -0.780. The van der Waals surface area contributed by atoms with Gasteiger partial charge in [-0.2, -0.15) is 26.3 Å². The van der Waals surface area contributed by atoms with Crippen molar-refractivity contribution in [3.05, 3.63) is 33.2 Å². The molecular formula is C18HN12-. The van der Waals surface area contributed by atoms with E-state index < -0.39 is 6.04 Å². The van der Waals surface area contributed by atoms with E-state index in [2.05, 4.69) is 29.9 Å². The van der Waals surface area contributed by atoms with Gasteiger partial charge in [-0.1, -0.05) is 0 Å². The van der Waals surface area contributed by atoms with E-state index in [0.717, 1.165) is 0 Å². The van der Waals surface area contributed by atoms with Crippen LogP contribution in [-0.2, 0) is 0 Å². The maximum Gasteiger partial charge on any atom is 0.189 e. The van der Waals surface area contributed by atoms with Crippen LogP contribution in [0, 0.1) is 56.7 Å². The molecule has 0 N–H and O–H groups in total. The lowest BCUT2D eigenvalue weighted by Crippen LogP contribution is -2.26. The average Bonchev–Trinajstić information content (AvgIpc) is 2.81. The molecule has 3 aromatic rings. The van der Waals surface area contributed by atoms with Gasteiger partial charge in [0.1, 0.15) is 62.7 Å². The fourth-order valence-electron chi connectivity index (χ4n) is 2.84. The van der Waals surface area contributed by atoms with Crippen LogP contribution >= 0.6 is 0 Å². The molecule has 0 saturated heterocycles. The minimum atomic E-state index is -1.23. The van der Waals surface area contributed by atoms with Crippen molar-refractivity contribution in [2.45, 2.75) is 6.04 Å². The number of aliphatic imine (C=N–C) groups is 1. The maximum atomic E-state index is 9.32. The lowest BCUT2D eigenvalue weighted by molar-refractivity contribution is 1.01. The van der Waals surface area contributed by atoms with Crippen molar-refractivity contribution < 1.29 is 0 Å². The summed E-state index contributed by atoms with van der Waals surface area (Å²) in [7, 11) is 0. The molecule has 0 bridgehead atoms. The highest BCUT2D eigenvalue weighted by atomic mass is 15.0. The van der Waals surface area contributed by atoms with Crippen LogP contribution in [0.5, 0.6) is 0 Å². The van der Waals surface area contributed by atoms with Gasteiger partial charge in [0.05, 0.1) is 6.07 Å². The SMILES string of the molecule is N#CC1=Nc2c(c3nc(C#N)c(C#N)nc3c3nc(=C=[N-])c(C#N)nc23)=NC1C#N. The van der Waals surface area contributed by atoms with Gasteiger partial charge in [0, 0.05) is 0 Å². The Morgan fingerprint density at radius 1 is 0.700 bits per heavy atom. The summed E-state index contributed by atoms with van der Waals surface area (Å²) in [6.45, 7) is 0. The zero-order chi connectivity index (χ0) is 21.4. The summed E-state index contributed by atoms with van der Waals surface area (Å²) in [6.07, 6.45) is 0. The van der Waals surface area contributed by atoms with Gasteiger partial charge in [-0.05, 0) is 0 Å². The Labute approximate surface area is 165 Å². The molecule has 1 aliphatic rings. The number of hydrogen-bond donors (Lipinski definition) is 0. The Balaban J connectivity index is 2.40. The second-order valence-electron chi connectivity index (χ2n) is 5.65. The molecule has 0 saturated carbocycles. The zero-order valence-electron chi connectivity index (χ0n) is 14.4. The first-order valence-electron chi connectivity index (χ1n) is 7.89. The summed E-state index contributed by atoms with van der Waals surface area (Å²) in [5.41, 5.74) is -1.11. The molecule has 1 unspecified atom stereocenters. The summed E-state index contributed by atoms with van der Waals surface area (Å²) in [4.78, 5) is 24.8. The molecule has 0 spiro atoms. The van der Waals surface area contributed by atoms with E-state index in [9.17, 15) is 31.7 Å². The molecule has 12 heteroatoms. The van der Waals surface area contributed by atoms with E-state index in [1.807, 2.05) is 6.07 Å². The summed E-state index contributed by atoms with van der Waals surface area (Å²) in [5, 5.41) is 55.5. The number of aromatic nitrogens is 4. The molecule has 0 aliphatic carbocycles. The van der Waals surface area contributed by atoms with E-state index in [1.54, 1.807) is 30.1 Å². The topological polar surface area (TPSA) is 218 Å². The highest BCUT2D eigenvalue weighted by Gasteiger charge is 2.26. The van der Waals surface area contributed by atoms with Crippen LogP contribution in [0.15, 0.2) is 9.98 Å². The van der Waals surface area contributed by atoms with Crippen molar-refractivity contribution >= 4 is 39.3 Å². The molecule has 1 aliphatic heterocycles. The van der Waals surface area contributed by atoms with Crippen LogP contribution < -0.4 is 10.7 Å². The van der Waals surface area contributed by atoms with Gasteiger partial charge in [0.2, 0.25) is 0 Å². The van der Waals surface area contributed by atoms with E-state index >= 15 is 0 Å². The molecule has 0 radical (unpaired) electrons. The number of hydrogen-bond acceptors (Lipinski definition) is 11. The zero-order valence-corrected chi connectivity index (χ0v) is 14.4. The number of nitrogens with zero attached hydrogens (tertiary/aromatic N) is 12. The van der Waals surface area contributed by atoms with Crippen molar-refractivity contribution in [1.29, 1.82) is 26.3 Å². The van der Waals surface area contributed by atoms with E-state index in [1.165, 1.54) is 0 Å². The summed E-state index contributed by atoms with van der Waals surface area (Å²) in [5.74, 6) is 1.75. The molecule has 134 valence electrons. The second kappa shape index (κ2) is 6.53. The highest BCUT2D eigenvalue weighted by molar-refractivity contribution is 6.11. The van der Waals surface area contributed by atoms with Crippen LogP contribution in [0.1, 0.15) is 17.1 Å². The number of nitriles is 5. The Bertz CT molecular complexity index is 1710. The molecule has 0 amide bonds. The molecule has 4 rings (SSSR count). The van der Waals surface area contributed by atoms with E-state index in [4.69, 9.17) is 0 Å². The lowest BCUT2D eigenvalue weighted by Gasteiger charge is -2.13. The number of fused-ring (bicyclic) bond motifs is 6. The van der Waals surface area contributed by atoms with Gasteiger partial charge in [-0.15, -0.1) is 0 Å². The van der Waals surface area contributed by atoms with Crippen LogP contribution in [0.4, 0.5) is 5.69 Å². The first-order chi connectivity index (χ1) is 14.6. The fraction of sp³-hybridized carbons (Fsp3) is 0.0556. The minimum absolute atomic E-state index is 0.00284. The standard InChI is InChI=1S/C18HN12/c19-1-7-8(2-20)26-14-13(25-7)15-17(29-10(4-22)9(3-21)27-15)18-16(14)28-11(5-23)12(6-24)30-18/h7H/q-1. The lowest BCUT2D eigenvalue weighted by atomic mass is 10.1. The third kappa shape index (κ3) is 2.33. The van der Waals surface area contributed by atoms with Crippen molar-refractivity contribution in [1.82, 2.24) is 19.9 Å². The summed E-state index contributed by atoms with van der Waals surface area (Å²) >= 11 is 0. The summed E-state index contributed by atoms with van der Waals surface area (Å²) < 4.78 is 0. The van der Waals surface area contributed by atoms with Crippen LogP contribution in [-0.4, -0.2) is 37.6 Å². The fourth-order valence-corrected chi connectivity index (χ4v) is 2.84. The van der Waals surface area contributed by atoms with Gasteiger partial charge in [0.15, 0.2) is 28.8 Å². The largest absolute Gasteiger partial charge is 0.761 e. The molecule has 0 fully saturated rings. The molecule has 1 aromatic carbocycles. The third-order valence-electron chi connectivity index (χ3n) is 4.10. The Morgan fingerprint density at radius 3 is 1.87 bits per heavy atom. The normalized spacial score (nSPS) is 14.0.